The van der Waals surface area contributed by atoms with Gasteiger partial charge in [0.05, 0.1) is 17.8 Å². The van der Waals surface area contributed by atoms with Crippen molar-refractivity contribution in [1.82, 2.24) is 29.9 Å². The lowest BCUT2D eigenvalue weighted by atomic mass is 10.2. The van der Waals surface area contributed by atoms with Gasteiger partial charge in [0, 0.05) is 25.5 Å². The van der Waals surface area contributed by atoms with Crippen LogP contribution in [0.3, 0.4) is 0 Å². The monoisotopic (exact) mass is 270 g/mol. The molecule has 0 bridgehead atoms. The van der Waals surface area contributed by atoms with Crippen LogP contribution in [0.4, 0.5) is 0 Å². The highest BCUT2D eigenvalue weighted by Crippen LogP contribution is 2.18. The number of nitrogens with zero attached hydrogens (tertiary/aromatic N) is 5. The van der Waals surface area contributed by atoms with Crippen molar-refractivity contribution in [3.63, 3.8) is 0 Å². The normalized spacial score (nSPS) is 11.3. The Hall–Kier alpha value is -2.21. The molecule has 0 aliphatic heterocycles. The number of para-hydroxylation sites is 1. The van der Waals surface area contributed by atoms with Crippen LogP contribution >= 0.6 is 0 Å². The van der Waals surface area contributed by atoms with Gasteiger partial charge in [-0.3, -0.25) is 4.68 Å². The van der Waals surface area contributed by atoms with Gasteiger partial charge in [-0.15, -0.1) is 10.2 Å². The summed E-state index contributed by atoms with van der Waals surface area (Å²) in [5.41, 5.74) is 2.26. The molecule has 104 valence electrons. The Kier molecular flexibility index (Phi) is 3.47. The van der Waals surface area contributed by atoms with Gasteiger partial charge in [-0.25, -0.2) is 0 Å². The summed E-state index contributed by atoms with van der Waals surface area (Å²) in [6, 6.07) is 8.33. The second kappa shape index (κ2) is 5.42. The van der Waals surface area contributed by atoms with Crippen molar-refractivity contribution in [3.8, 4) is 0 Å². The summed E-state index contributed by atoms with van der Waals surface area (Å²) in [5.74, 6) is 0.921. The fraction of sp³-hybridized carbons (Fsp3) is 0.357. The average molecular weight is 270 g/mol. The molecule has 6 nitrogen and oxygen atoms in total. The molecule has 3 rings (SSSR count). The molecule has 3 aromatic rings. The van der Waals surface area contributed by atoms with Gasteiger partial charge in [-0.05, 0) is 13.0 Å². The second-order valence-corrected chi connectivity index (χ2v) is 4.74. The van der Waals surface area contributed by atoms with E-state index in [0.29, 0.717) is 6.54 Å². The highest BCUT2D eigenvalue weighted by molar-refractivity contribution is 5.81. The van der Waals surface area contributed by atoms with Crippen LogP contribution < -0.4 is 5.32 Å². The first-order valence-corrected chi connectivity index (χ1v) is 6.77. The van der Waals surface area contributed by atoms with Gasteiger partial charge in [-0.1, -0.05) is 18.2 Å². The van der Waals surface area contributed by atoms with Gasteiger partial charge < -0.3 is 9.88 Å². The molecule has 2 aromatic heterocycles. The first-order valence-electron chi connectivity index (χ1n) is 6.77. The molecule has 2 heterocycles. The fourth-order valence-corrected chi connectivity index (χ4v) is 2.33. The van der Waals surface area contributed by atoms with E-state index >= 15 is 0 Å². The van der Waals surface area contributed by atoms with Crippen molar-refractivity contribution in [2.45, 2.75) is 26.6 Å². The summed E-state index contributed by atoms with van der Waals surface area (Å²) in [5, 5.41) is 17.2. The van der Waals surface area contributed by atoms with Crippen LogP contribution in [-0.2, 0) is 26.7 Å². The van der Waals surface area contributed by atoms with E-state index in [1.54, 1.807) is 6.33 Å². The Bertz CT molecular complexity index is 711. The maximum atomic E-state index is 4.66. The molecule has 0 radical (unpaired) electrons. The average Bonchev–Trinajstić information content (AvgIpc) is 3.04. The van der Waals surface area contributed by atoms with E-state index in [4.69, 9.17) is 0 Å². The van der Waals surface area contributed by atoms with E-state index in [0.717, 1.165) is 24.6 Å². The minimum absolute atomic E-state index is 0.684. The third kappa shape index (κ3) is 2.30. The smallest absolute Gasteiger partial charge is 0.146 e. The molecule has 0 spiro atoms. The molecule has 0 saturated carbocycles. The van der Waals surface area contributed by atoms with Crippen LogP contribution in [0, 0.1) is 0 Å². The number of rotatable bonds is 5. The minimum atomic E-state index is 0.684. The quantitative estimate of drug-likeness (QED) is 0.763. The number of hydrogen-bond acceptors (Lipinski definition) is 4. The van der Waals surface area contributed by atoms with Crippen molar-refractivity contribution in [2.75, 3.05) is 0 Å². The number of aromatic nitrogens is 5. The zero-order valence-electron chi connectivity index (χ0n) is 11.7. The topological polar surface area (TPSA) is 60.6 Å². The van der Waals surface area contributed by atoms with Crippen LogP contribution in [0.25, 0.3) is 10.9 Å². The van der Waals surface area contributed by atoms with Crippen molar-refractivity contribution >= 4 is 10.9 Å². The van der Waals surface area contributed by atoms with E-state index in [-0.39, 0.29) is 0 Å². The molecule has 20 heavy (non-hydrogen) atoms. The zero-order valence-corrected chi connectivity index (χ0v) is 11.7. The number of fused-ring (bicyclic) bond motifs is 1. The van der Waals surface area contributed by atoms with Crippen molar-refractivity contribution in [1.29, 1.82) is 0 Å². The van der Waals surface area contributed by atoms with E-state index in [9.17, 15) is 0 Å². The van der Waals surface area contributed by atoms with Gasteiger partial charge in [0.1, 0.15) is 12.2 Å². The van der Waals surface area contributed by atoms with E-state index in [1.807, 2.05) is 22.4 Å². The Labute approximate surface area is 117 Å². The SMILES string of the molecule is CCn1nc(CNCc2nncn2C)c2ccccc21. The Morgan fingerprint density at radius 1 is 1.20 bits per heavy atom. The van der Waals surface area contributed by atoms with Crippen LogP contribution in [0.15, 0.2) is 30.6 Å². The number of aryl methyl sites for hydroxylation is 2. The van der Waals surface area contributed by atoms with Crippen molar-refractivity contribution in [2.24, 2.45) is 7.05 Å². The number of benzene rings is 1. The Morgan fingerprint density at radius 2 is 2.05 bits per heavy atom. The largest absolute Gasteiger partial charge is 0.320 e. The fourth-order valence-electron chi connectivity index (χ4n) is 2.33. The summed E-state index contributed by atoms with van der Waals surface area (Å²) >= 11 is 0. The van der Waals surface area contributed by atoms with Crippen LogP contribution in [0.2, 0.25) is 0 Å². The van der Waals surface area contributed by atoms with Crippen LogP contribution in [-0.4, -0.2) is 24.5 Å². The maximum Gasteiger partial charge on any atom is 0.146 e. The third-order valence-electron chi connectivity index (χ3n) is 3.41. The van der Waals surface area contributed by atoms with E-state index in [1.165, 1.54) is 10.9 Å². The summed E-state index contributed by atoms with van der Waals surface area (Å²) in [7, 11) is 1.94. The predicted octanol–water partition coefficient (Wildman–Crippen LogP) is 1.47. The summed E-state index contributed by atoms with van der Waals surface area (Å²) < 4.78 is 3.95. The van der Waals surface area contributed by atoms with E-state index < -0.39 is 0 Å². The van der Waals surface area contributed by atoms with Gasteiger partial charge in [-0.2, -0.15) is 5.10 Å². The third-order valence-corrected chi connectivity index (χ3v) is 3.41. The van der Waals surface area contributed by atoms with Gasteiger partial charge >= 0.3 is 0 Å². The molecule has 1 N–H and O–H groups in total. The van der Waals surface area contributed by atoms with Crippen molar-refractivity contribution < 1.29 is 0 Å². The molecule has 0 aliphatic rings. The summed E-state index contributed by atoms with van der Waals surface area (Å²) in [4.78, 5) is 0. The first kappa shape index (κ1) is 12.8. The first-order chi connectivity index (χ1) is 9.79. The standard InChI is InChI=1S/C14H18N6/c1-3-20-13-7-5-4-6-11(13)12(18-20)8-15-9-14-17-16-10-19(14)2/h4-7,10,15H,3,8-9H2,1-2H3. The lowest BCUT2D eigenvalue weighted by molar-refractivity contribution is 0.608. The molecule has 1 aromatic carbocycles. The highest BCUT2D eigenvalue weighted by Gasteiger charge is 2.09. The van der Waals surface area contributed by atoms with Gasteiger partial charge in [0.25, 0.3) is 0 Å². The van der Waals surface area contributed by atoms with Crippen molar-refractivity contribution in [3.05, 3.63) is 42.1 Å². The second-order valence-electron chi connectivity index (χ2n) is 4.74. The van der Waals surface area contributed by atoms with E-state index in [2.05, 4.69) is 45.7 Å². The Morgan fingerprint density at radius 3 is 2.80 bits per heavy atom. The molecule has 0 aliphatic carbocycles. The molecule has 0 amide bonds. The predicted molar refractivity (Wildman–Crippen MR) is 77.0 cm³/mol. The maximum absolute atomic E-state index is 4.66. The van der Waals surface area contributed by atoms with Crippen LogP contribution in [0.5, 0.6) is 0 Å². The number of hydrogen-bond donors (Lipinski definition) is 1. The van der Waals surface area contributed by atoms with Gasteiger partial charge in [0.15, 0.2) is 0 Å². The number of nitrogens with one attached hydrogen (secondary N) is 1. The lowest BCUT2D eigenvalue weighted by Gasteiger charge is -2.02. The molecule has 0 saturated heterocycles. The molecule has 0 atom stereocenters. The lowest BCUT2D eigenvalue weighted by Crippen LogP contribution is -2.16. The molecule has 6 heteroatoms. The summed E-state index contributed by atoms with van der Waals surface area (Å²) in [6.45, 7) is 4.39. The Balaban J connectivity index is 1.76. The molecule has 0 unspecified atom stereocenters. The van der Waals surface area contributed by atoms with Crippen LogP contribution in [0.1, 0.15) is 18.4 Å². The molecular weight excluding hydrogens is 252 g/mol. The summed E-state index contributed by atoms with van der Waals surface area (Å²) in [6.07, 6.45) is 1.71. The van der Waals surface area contributed by atoms with Gasteiger partial charge in [0.2, 0.25) is 0 Å². The highest BCUT2D eigenvalue weighted by atomic mass is 15.3. The minimum Gasteiger partial charge on any atom is -0.320 e. The molecular formula is C14H18N6. The molecule has 0 fully saturated rings. The zero-order chi connectivity index (χ0) is 13.9.